The average molecular weight is 296 g/mol. The molecule has 1 aromatic rings. The minimum Gasteiger partial charge on any atom is -0.309 e. The van der Waals surface area contributed by atoms with E-state index in [9.17, 15) is 0 Å². The molecule has 0 aromatic heterocycles. The van der Waals surface area contributed by atoms with Crippen molar-refractivity contribution in [1.82, 2.24) is 5.32 Å². The molecule has 1 fully saturated rings. The summed E-state index contributed by atoms with van der Waals surface area (Å²) in [5.41, 5.74) is 4.31. The Morgan fingerprint density at radius 2 is 2.16 bits per heavy atom. The number of nitrogens with one attached hydrogen (secondary N) is 1. The Balaban J connectivity index is 2.22. The molecule has 2 atom stereocenters. The number of hydrogen-bond acceptors (Lipinski definition) is 3. The van der Waals surface area contributed by atoms with E-state index in [2.05, 4.69) is 67.8 Å². The summed E-state index contributed by atoms with van der Waals surface area (Å²) >= 11 is 4.26. The topological polar surface area (TPSA) is 12.0 Å². The Kier molecular flexibility index (Phi) is 6.11. The molecular formula is C16H25NS2. The van der Waals surface area contributed by atoms with Crippen LogP contribution < -0.4 is 5.32 Å². The summed E-state index contributed by atoms with van der Waals surface area (Å²) in [4.78, 5) is 0. The molecule has 0 saturated carbocycles. The molecule has 3 heteroatoms. The van der Waals surface area contributed by atoms with Crippen molar-refractivity contribution >= 4 is 23.5 Å². The molecule has 2 unspecified atom stereocenters. The summed E-state index contributed by atoms with van der Waals surface area (Å²) in [7, 11) is 0. The second kappa shape index (κ2) is 7.61. The highest BCUT2D eigenvalue weighted by Crippen LogP contribution is 2.35. The zero-order valence-electron chi connectivity index (χ0n) is 12.2. The van der Waals surface area contributed by atoms with Crippen LogP contribution in [0.15, 0.2) is 18.2 Å². The summed E-state index contributed by atoms with van der Waals surface area (Å²) in [6, 6.07) is 7.38. The minimum absolute atomic E-state index is 0.512. The van der Waals surface area contributed by atoms with E-state index in [1.165, 1.54) is 40.4 Å². The van der Waals surface area contributed by atoms with Crippen molar-refractivity contribution in [3.63, 3.8) is 0 Å². The molecule has 19 heavy (non-hydrogen) atoms. The van der Waals surface area contributed by atoms with Crippen LogP contribution in [-0.2, 0) is 0 Å². The van der Waals surface area contributed by atoms with Crippen LogP contribution in [0.25, 0.3) is 0 Å². The van der Waals surface area contributed by atoms with Gasteiger partial charge in [-0.2, -0.15) is 23.5 Å². The molecule has 1 saturated heterocycles. The Morgan fingerprint density at radius 1 is 1.32 bits per heavy atom. The van der Waals surface area contributed by atoms with Gasteiger partial charge in [0.1, 0.15) is 0 Å². The largest absolute Gasteiger partial charge is 0.309 e. The van der Waals surface area contributed by atoms with Crippen LogP contribution in [0.2, 0.25) is 0 Å². The first-order valence-electron chi connectivity index (χ1n) is 7.22. The van der Waals surface area contributed by atoms with Crippen molar-refractivity contribution in [2.24, 2.45) is 0 Å². The minimum atomic E-state index is 0.512. The van der Waals surface area contributed by atoms with E-state index in [1.807, 2.05) is 0 Å². The van der Waals surface area contributed by atoms with E-state index in [4.69, 9.17) is 0 Å². The second-order valence-electron chi connectivity index (χ2n) is 5.28. The zero-order chi connectivity index (χ0) is 13.7. The van der Waals surface area contributed by atoms with Crippen molar-refractivity contribution in [2.45, 2.75) is 38.5 Å². The van der Waals surface area contributed by atoms with E-state index >= 15 is 0 Å². The highest BCUT2D eigenvalue weighted by atomic mass is 32.2. The second-order valence-corrected chi connectivity index (χ2v) is 7.77. The number of benzene rings is 1. The fourth-order valence-corrected chi connectivity index (χ4v) is 5.39. The van der Waals surface area contributed by atoms with E-state index < -0.39 is 0 Å². The van der Waals surface area contributed by atoms with Crippen LogP contribution in [0.1, 0.15) is 36.1 Å². The van der Waals surface area contributed by atoms with Gasteiger partial charge in [0, 0.05) is 28.6 Å². The van der Waals surface area contributed by atoms with Crippen molar-refractivity contribution in [3.8, 4) is 0 Å². The maximum absolute atomic E-state index is 3.79. The van der Waals surface area contributed by atoms with Crippen LogP contribution >= 0.6 is 23.5 Å². The van der Waals surface area contributed by atoms with Crippen LogP contribution in [0, 0.1) is 13.8 Å². The van der Waals surface area contributed by atoms with Gasteiger partial charge in [0.25, 0.3) is 0 Å². The predicted octanol–water partition coefficient (Wildman–Crippen LogP) is 4.19. The summed E-state index contributed by atoms with van der Waals surface area (Å²) in [5, 5.41) is 4.50. The molecule has 1 nitrogen and oxygen atoms in total. The van der Waals surface area contributed by atoms with Gasteiger partial charge in [-0.1, -0.05) is 30.7 Å². The molecule has 0 spiro atoms. The molecule has 1 aliphatic rings. The van der Waals surface area contributed by atoms with Gasteiger partial charge in [0.2, 0.25) is 0 Å². The molecule has 0 radical (unpaired) electrons. The molecule has 2 rings (SSSR count). The molecule has 1 heterocycles. The first-order chi connectivity index (χ1) is 9.22. The number of rotatable bonds is 5. The molecule has 1 aliphatic heterocycles. The molecule has 106 valence electrons. The van der Waals surface area contributed by atoms with Crippen molar-refractivity contribution in [2.75, 3.05) is 23.8 Å². The first-order valence-corrected chi connectivity index (χ1v) is 9.42. The number of aryl methyl sites for hydroxylation is 2. The summed E-state index contributed by atoms with van der Waals surface area (Å²) in [6.07, 6.45) is 1.20. The Bertz CT molecular complexity index is 400. The lowest BCUT2D eigenvalue weighted by Crippen LogP contribution is -2.34. The summed E-state index contributed by atoms with van der Waals surface area (Å²) in [6.45, 7) is 7.80. The van der Waals surface area contributed by atoms with E-state index in [1.54, 1.807) is 0 Å². The normalized spacial score (nSPS) is 21.3. The lowest BCUT2D eigenvalue weighted by molar-refractivity contribution is 0.528. The maximum Gasteiger partial charge on any atom is 0.0451 e. The fraction of sp³-hybridized carbons (Fsp3) is 0.625. The zero-order valence-corrected chi connectivity index (χ0v) is 13.9. The van der Waals surface area contributed by atoms with Gasteiger partial charge in [-0.15, -0.1) is 0 Å². The monoisotopic (exact) mass is 295 g/mol. The Morgan fingerprint density at radius 3 is 2.84 bits per heavy atom. The maximum atomic E-state index is 3.79. The first kappa shape index (κ1) is 15.3. The predicted molar refractivity (Wildman–Crippen MR) is 90.5 cm³/mol. The van der Waals surface area contributed by atoms with Gasteiger partial charge >= 0.3 is 0 Å². The van der Waals surface area contributed by atoms with Crippen molar-refractivity contribution in [3.05, 3.63) is 34.9 Å². The van der Waals surface area contributed by atoms with E-state index in [-0.39, 0.29) is 0 Å². The quantitative estimate of drug-likeness (QED) is 0.874. The molecule has 1 aromatic carbocycles. The van der Waals surface area contributed by atoms with Gasteiger partial charge in [-0.25, -0.2) is 0 Å². The van der Waals surface area contributed by atoms with Crippen LogP contribution in [-0.4, -0.2) is 29.1 Å². The average Bonchev–Trinajstić information content (AvgIpc) is 2.44. The Hall–Kier alpha value is -0.120. The van der Waals surface area contributed by atoms with Crippen molar-refractivity contribution in [1.29, 1.82) is 0 Å². The number of thioether (sulfide) groups is 2. The van der Waals surface area contributed by atoms with Crippen LogP contribution in [0.3, 0.4) is 0 Å². The van der Waals surface area contributed by atoms with Gasteiger partial charge in [0.15, 0.2) is 0 Å². The van der Waals surface area contributed by atoms with Crippen LogP contribution in [0.4, 0.5) is 0 Å². The standard InChI is InChI=1S/C16H25NS2/c1-4-7-17-16(15-11-18-8-9-19-15)14-10-12(2)5-6-13(14)3/h5-6,10,15-17H,4,7-9,11H2,1-3H3. The molecule has 0 aliphatic carbocycles. The van der Waals surface area contributed by atoms with Gasteiger partial charge in [-0.05, 0) is 37.9 Å². The Labute approximate surface area is 126 Å². The third kappa shape index (κ3) is 4.17. The highest BCUT2D eigenvalue weighted by molar-refractivity contribution is 8.06. The summed E-state index contributed by atoms with van der Waals surface area (Å²) < 4.78 is 0. The third-order valence-corrected chi connectivity index (χ3v) is 6.46. The van der Waals surface area contributed by atoms with Gasteiger partial charge in [0.05, 0.1) is 0 Å². The lowest BCUT2D eigenvalue weighted by Gasteiger charge is -2.32. The van der Waals surface area contributed by atoms with E-state index in [0.29, 0.717) is 11.3 Å². The molecular weight excluding hydrogens is 270 g/mol. The van der Waals surface area contributed by atoms with Gasteiger partial charge < -0.3 is 5.32 Å². The fourth-order valence-electron chi connectivity index (χ4n) is 2.53. The molecule has 0 bridgehead atoms. The number of hydrogen-bond donors (Lipinski definition) is 1. The third-order valence-electron chi connectivity index (χ3n) is 3.60. The van der Waals surface area contributed by atoms with Crippen LogP contribution in [0.5, 0.6) is 0 Å². The molecule has 0 amide bonds. The smallest absolute Gasteiger partial charge is 0.0451 e. The SMILES string of the molecule is CCCNC(c1cc(C)ccc1C)C1CSCCS1. The van der Waals surface area contributed by atoms with E-state index in [0.717, 1.165) is 6.54 Å². The summed E-state index contributed by atoms with van der Waals surface area (Å²) in [5.74, 6) is 3.89. The lowest BCUT2D eigenvalue weighted by atomic mass is 9.96. The molecule has 1 N–H and O–H groups in total. The highest BCUT2D eigenvalue weighted by Gasteiger charge is 2.26. The van der Waals surface area contributed by atoms with Crippen molar-refractivity contribution < 1.29 is 0 Å². The van der Waals surface area contributed by atoms with Gasteiger partial charge in [-0.3, -0.25) is 0 Å².